The Morgan fingerprint density at radius 1 is 0.543 bits per heavy atom. The van der Waals surface area contributed by atoms with Crippen molar-refractivity contribution in [1.29, 1.82) is 0 Å². The quantitative estimate of drug-likeness (QED) is 0.220. The summed E-state index contributed by atoms with van der Waals surface area (Å²) in [4.78, 5) is 0. The monoisotopic (exact) mass is 570 g/mol. The molecule has 0 saturated heterocycles. The van der Waals surface area contributed by atoms with Gasteiger partial charge in [-0.2, -0.15) is 0 Å². The van der Waals surface area contributed by atoms with E-state index >= 15 is 0 Å². The third kappa shape index (κ3) is 8.31. The first-order valence-electron chi connectivity index (χ1n) is 13.4. The minimum absolute atomic E-state index is 0.202. The molecule has 2 rings (SSSR count). The molecule has 6 heteroatoms. The fourth-order valence-corrected chi connectivity index (χ4v) is 36.5. The van der Waals surface area contributed by atoms with Gasteiger partial charge in [-0.25, -0.2) is 0 Å². The van der Waals surface area contributed by atoms with Crippen LogP contribution in [0, 0.1) is 20.8 Å². The van der Waals surface area contributed by atoms with Crippen molar-refractivity contribution in [3.63, 3.8) is 0 Å². The molecule has 0 bridgehead atoms. The van der Waals surface area contributed by atoms with Gasteiger partial charge in [-0.3, -0.25) is 0 Å². The van der Waals surface area contributed by atoms with Crippen LogP contribution in [0.3, 0.4) is 0 Å². The zero-order valence-electron chi connectivity index (χ0n) is 25.6. The molecule has 0 atom stereocenters. The Morgan fingerprint density at radius 3 is 1.20 bits per heavy atom. The first-order chi connectivity index (χ1) is 15.6. The molecule has 0 aliphatic carbocycles. The second-order valence-electron chi connectivity index (χ2n) is 15.3. The molecule has 35 heavy (non-hydrogen) atoms. The molecule has 2 aromatic carbocycles. The van der Waals surface area contributed by atoms with Crippen LogP contribution in [0.2, 0.25) is 78.6 Å². The first-order valence-corrected chi connectivity index (χ1v) is 30.8. The van der Waals surface area contributed by atoms with E-state index in [-0.39, 0.29) is 14.3 Å². The van der Waals surface area contributed by atoms with E-state index in [0.717, 1.165) is 10.3 Å². The van der Waals surface area contributed by atoms with Crippen LogP contribution in [-0.2, 0) is 0 Å². The van der Waals surface area contributed by atoms with Crippen molar-refractivity contribution in [2.45, 2.75) is 110 Å². The maximum atomic E-state index is 2.73. The normalized spacial score (nSPS) is 13.7. The molecule has 0 N–H and O–H groups in total. The van der Waals surface area contributed by atoms with E-state index in [0.29, 0.717) is 0 Å². The molecular weight excluding hydrogens is 519 g/mol. The van der Waals surface area contributed by atoms with Crippen LogP contribution in [0.5, 0.6) is 0 Å². The Balaban J connectivity index is 2.82. The van der Waals surface area contributed by atoms with Gasteiger partial charge in [0.15, 0.2) is 0 Å². The summed E-state index contributed by atoms with van der Waals surface area (Å²) in [5.74, 6) is 0. The van der Waals surface area contributed by atoms with Gasteiger partial charge in [-0.05, 0) is 0 Å². The van der Waals surface area contributed by atoms with E-state index in [2.05, 4.69) is 130 Å². The van der Waals surface area contributed by atoms with Crippen LogP contribution in [0.15, 0.2) is 30.3 Å². The van der Waals surface area contributed by atoms with Gasteiger partial charge in [-0.1, -0.05) is 0 Å². The van der Waals surface area contributed by atoms with Crippen LogP contribution in [0.1, 0.15) is 38.1 Å². The Hall–Kier alpha value is 0.140. The zero-order valence-corrected chi connectivity index (χ0v) is 31.6. The molecule has 192 valence electrons. The molecule has 0 saturated carbocycles. The Morgan fingerprint density at radius 2 is 0.886 bits per heavy atom. The van der Waals surface area contributed by atoms with Gasteiger partial charge in [0, 0.05) is 0 Å². The van der Waals surface area contributed by atoms with E-state index in [1.165, 1.54) is 23.5 Å². The molecule has 2 aromatic rings. The second-order valence-corrected chi connectivity index (χ2v) is 40.8. The van der Waals surface area contributed by atoms with Crippen molar-refractivity contribution in [3.8, 4) is 0 Å². The molecule has 0 fully saturated rings. The van der Waals surface area contributed by atoms with Crippen LogP contribution < -0.4 is 9.73 Å². The summed E-state index contributed by atoms with van der Waals surface area (Å²) >= 11 is 0.202. The molecule has 0 amide bonds. The van der Waals surface area contributed by atoms with Crippen LogP contribution >= 0.6 is 6.78 Å². The van der Waals surface area contributed by atoms with Gasteiger partial charge >= 0.3 is 231 Å². The topological polar surface area (TPSA) is 0 Å². The van der Waals surface area contributed by atoms with Crippen molar-refractivity contribution < 1.29 is 0 Å². The molecule has 0 heterocycles. The summed E-state index contributed by atoms with van der Waals surface area (Å²) < 4.78 is 1.65. The predicted molar refractivity (Wildman–Crippen MR) is 178 cm³/mol. The average molecular weight is 571 g/mol. The molecule has 0 spiro atoms. The van der Waals surface area contributed by atoms with Gasteiger partial charge in [-0.15, -0.1) is 0 Å². The van der Waals surface area contributed by atoms with E-state index in [1.54, 1.807) is 20.9 Å². The van der Waals surface area contributed by atoms with Crippen molar-refractivity contribution in [3.05, 3.63) is 58.1 Å². The van der Waals surface area contributed by atoms with Crippen LogP contribution in [0.25, 0.3) is 0 Å². The number of rotatable bonds is 8. The van der Waals surface area contributed by atoms with Gasteiger partial charge < -0.3 is 0 Å². The fourth-order valence-electron chi connectivity index (χ4n) is 7.22. The number of hydrogen-bond acceptors (Lipinski definition) is 0. The summed E-state index contributed by atoms with van der Waals surface area (Å²) in [5, 5.41) is 3.17. The predicted octanol–water partition coefficient (Wildman–Crippen LogP) is 8.80. The molecule has 0 unspecified atom stereocenters. The SMILES string of the molecule is Cc1cc(C)c([P]=[Al][c]2cc(C([Si](C)(C)C)[Si](C)(C)C)cc(C([Si](C)(C)C)[Si](C)(C)C)c2)c(C)c1. The third-order valence-electron chi connectivity index (χ3n) is 7.11. The van der Waals surface area contributed by atoms with E-state index < -0.39 is 32.3 Å². The van der Waals surface area contributed by atoms with E-state index in [1.807, 2.05) is 0 Å². The summed E-state index contributed by atoms with van der Waals surface area (Å²) in [7, 11) is -5.42. The molecule has 0 aliphatic rings. The van der Waals surface area contributed by atoms with Crippen molar-refractivity contribution in [2.24, 2.45) is 0 Å². The molecular formula is C29H52AlPSi4. The summed E-state index contributed by atoms with van der Waals surface area (Å²) in [6, 6.07) is 12.8. The van der Waals surface area contributed by atoms with E-state index in [9.17, 15) is 0 Å². The molecule has 0 radical (unpaired) electrons. The van der Waals surface area contributed by atoms with Gasteiger partial charge in [0.05, 0.1) is 0 Å². The fraction of sp³-hybridized carbons (Fsp3) is 0.586. The maximum absolute atomic E-state index is 2.73. The van der Waals surface area contributed by atoms with Crippen molar-refractivity contribution in [2.75, 3.05) is 0 Å². The Bertz CT molecular complexity index is 979. The number of hydrogen-bond donors (Lipinski definition) is 0. The average Bonchev–Trinajstić information content (AvgIpc) is 2.55. The van der Waals surface area contributed by atoms with Gasteiger partial charge in [0.1, 0.15) is 0 Å². The number of benzene rings is 2. The van der Waals surface area contributed by atoms with Gasteiger partial charge in [0.25, 0.3) is 0 Å². The third-order valence-corrected chi connectivity index (χ3v) is 29.5. The van der Waals surface area contributed by atoms with Crippen molar-refractivity contribution in [1.82, 2.24) is 0 Å². The zero-order chi connectivity index (χ0) is 27.1. The van der Waals surface area contributed by atoms with Crippen molar-refractivity contribution >= 4 is 63.1 Å². The summed E-state index contributed by atoms with van der Waals surface area (Å²) in [5.41, 5.74) is 7.74. The minimum atomic E-state index is -1.35. The Kier molecular flexibility index (Phi) is 9.94. The van der Waals surface area contributed by atoms with E-state index in [4.69, 9.17) is 0 Å². The Labute approximate surface area is 229 Å². The first kappa shape index (κ1) is 31.4. The van der Waals surface area contributed by atoms with Gasteiger partial charge in [0.2, 0.25) is 0 Å². The summed E-state index contributed by atoms with van der Waals surface area (Å²) in [6.45, 7) is 39.7. The molecule has 0 aromatic heterocycles. The second kappa shape index (κ2) is 11.1. The van der Waals surface area contributed by atoms with Crippen LogP contribution in [0.4, 0.5) is 0 Å². The molecule has 0 nitrogen and oxygen atoms in total. The summed E-state index contributed by atoms with van der Waals surface area (Å²) in [6.07, 6.45) is 0. The standard InChI is InChI=1S/C20H41Si4.C9H11P.Al/c1-21(2,3)19(22(4,5)6)17-14-13-15-18(16-17)20(23(7,8)9)24(10,11)12;1-6-4-7(2)9(10)8(3)5-6;/h14-16,19-20H,1-12H3;4-5H,1-3H3;. The molecule has 0 aliphatic heterocycles. The number of aryl methyl sites for hydroxylation is 3. The van der Waals surface area contributed by atoms with Crippen LogP contribution in [-0.4, -0.2) is 46.6 Å².